The number of benzene rings is 4. The molecule has 2 N–H and O–H groups in total. The first kappa shape index (κ1) is 43.4. The number of aromatic hydroxyl groups is 2. The number of phenols is 2. The van der Waals surface area contributed by atoms with Gasteiger partial charge in [-0.15, -0.1) is 0 Å². The Morgan fingerprint density at radius 2 is 0.843 bits per heavy atom. The molecule has 1 aliphatic rings. The Labute approximate surface area is 322 Å². The van der Waals surface area contributed by atoms with E-state index in [0.29, 0.717) is 11.5 Å². The van der Waals surface area contributed by atoms with Crippen LogP contribution in [0.2, 0.25) is 0 Å². The summed E-state index contributed by atoms with van der Waals surface area (Å²) in [6, 6.07) is 35.3. The van der Waals surface area contributed by atoms with Crippen LogP contribution in [0.15, 0.2) is 120 Å². The Balaban J connectivity index is 0.000000494. The predicted octanol–water partition coefficient (Wildman–Crippen LogP) is 13.5. The van der Waals surface area contributed by atoms with E-state index in [2.05, 4.69) is 76.2 Å². The minimum absolute atomic E-state index is 0. The summed E-state index contributed by atoms with van der Waals surface area (Å²) in [5.74, 6) is 0.644. The first-order chi connectivity index (χ1) is 24.4. The number of phenolic OH excluding ortho intramolecular Hbond substituents is 2. The molecule has 0 bridgehead atoms. The molecule has 1 aliphatic heterocycles. The van der Waals surface area contributed by atoms with Crippen LogP contribution >= 0.6 is 0 Å². The molecule has 0 aromatic heterocycles. The van der Waals surface area contributed by atoms with Crippen LogP contribution in [0.5, 0.6) is 11.5 Å². The van der Waals surface area contributed by atoms with Crippen LogP contribution in [0.25, 0.3) is 16.9 Å². The summed E-state index contributed by atoms with van der Waals surface area (Å²) in [6.45, 7) is 8.99. The van der Waals surface area contributed by atoms with Crippen LogP contribution in [0.1, 0.15) is 127 Å². The molecule has 4 nitrogen and oxygen atoms in total. The van der Waals surface area contributed by atoms with Crippen molar-refractivity contribution in [3.63, 3.8) is 0 Å². The standard InChI is InChI=1S/C34H48N2.2C6H6O.Pd/c1-5-9-12-14-16-27-19-23-29(24-20-27)33-31(8-4)32(18-11-7-3)34(36(33)35)30-25-21-28(22-26-30)17-15-13-10-6-2;2*7-6-4-2-1-3-5-6;/h19-26H,5-18H2,1-4H3;2*1-5,7H;. The zero-order valence-electron chi connectivity index (χ0n) is 31.4. The number of hydrogen-bond donors (Lipinski definition) is 2. The third-order valence-electron chi connectivity index (χ3n) is 9.10. The van der Waals surface area contributed by atoms with Crippen LogP contribution in [0.3, 0.4) is 0 Å². The molecular formula is C46H60N2O2Pd. The van der Waals surface area contributed by atoms with E-state index in [-0.39, 0.29) is 20.4 Å². The van der Waals surface area contributed by atoms with E-state index in [0.717, 1.165) is 61.0 Å². The number of hydrogen-bond acceptors (Lipinski definition) is 2. The Morgan fingerprint density at radius 1 is 0.451 bits per heavy atom. The van der Waals surface area contributed by atoms with Crippen LogP contribution in [-0.2, 0) is 33.3 Å². The third-order valence-corrected chi connectivity index (χ3v) is 9.10. The van der Waals surface area contributed by atoms with Crippen LogP contribution in [-0.4, -0.2) is 14.9 Å². The Kier molecular flexibility index (Phi) is 21.5. The van der Waals surface area contributed by atoms with Gasteiger partial charge in [-0.1, -0.05) is 133 Å². The molecule has 1 heterocycles. The maximum absolute atomic E-state index is 11.6. The zero-order valence-corrected chi connectivity index (χ0v) is 33.0. The third kappa shape index (κ3) is 14.8. The van der Waals surface area contributed by atoms with E-state index in [1.807, 2.05) is 12.1 Å². The Hall–Kier alpha value is -3.78. The summed E-state index contributed by atoms with van der Waals surface area (Å²) in [6.07, 6.45) is 16.8. The van der Waals surface area contributed by atoms with E-state index in [1.54, 1.807) is 48.5 Å². The second-order valence-electron chi connectivity index (χ2n) is 13.1. The molecule has 51 heavy (non-hydrogen) atoms. The SMILES string of the molecule is CCCCCCc1ccc(C2=C(CC)C(CCCC)=C(c3ccc(CCCCCC)cc3)[N+]2=[N-])cc1.Oc1ccccc1.Oc1ccccc1.[Pd]. The second-order valence-corrected chi connectivity index (χ2v) is 13.1. The molecule has 0 radical (unpaired) electrons. The molecule has 0 unspecified atom stereocenters. The minimum Gasteiger partial charge on any atom is -0.508 e. The van der Waals surface area contributed by atoms with Gasteiger partial charge in [0.25, 0.3) is 0 Å². The first-order valence-corrected chi connectivity index (χ1v) is 19.1. The van der Waals surface area contributed by atoms with Crippen molar-refractivity contribution in [1.29, 1.82) is 0 Å². The smallest absolute Gasteiger partial charge is 0.211 e. The zero-order chi connectivity index (χ0) is 36.0. The van der Waals surface area contributed by atoms with Crippen molar-refractivity contribution < 1.29 is 35.3 Å². The average molecular weight is 779 g/mol. The van der Waals surface area contributed by atoms with Crippen molar-refractivity contribution in [2.24, 2.45) is 0 Å². The average Bonchev–Trinajstić information content (AvgIpc) is 3.43. The van der Waals surface area contributed by atoms with Gasteiger partial charge in [0, 0.05) is 42.7 Å². The number of para-hydroxylation sites is 2. The van der Waals surface area contributed by atoms with Crippen molar-refractivity contribution in [2.75, 3.05) is 0 Å². The molecule has 0 atom stereocenters. The van der Waals surface area contributed by atoms with Gasteiger partial charge in [-0.3, -0.25) is 0 Å². The fraction of sp³-hybridized carbons (Fsp3) is 0.391. The summed E-state index contributed by atoms with van der Waals surface area (Å²) < 4.78 is 1.50. The van der Waals surface area contributed by atoms with E-state index < -0.39 is 0 Å². The van der Waals surface area contributed by atoms with E-state index in [9.17, 15) is 5.53 Å². The van der Waals surface area contributed by atoms with Crippen molar-refractivity contribution in [3.8, 4) is 11.5 Å². The summed E-state index contributed by atoms with van der Waals surface area (Å²) in [5.41, 5.74) is 21.2. The monoisotopic (exact) mass is 778 g/mol. The topological polar surface area (TPSA) is 65.8 Å². The predicted molar refractivity (Wildman–Crippen MR) is 212 cm³/mol. The molecule has 0 spiro atoms. The number of nitrogens with zero attached hydrogens (tertiary/aromatic N) is 2. The fourth-order valence-corrected chi connectivity index (χ4v) is 6.28. The van der Waals surface area contributed by atoms with Gasteiger partial charge in [0.2, 0.25) is 11.4 Å². The van der Waals surface area contributed by atoms with Gasteiger partial charge in [0.15, 0.2) is 0 Å². The van der Waals surface area contributed by atoms with Crippen molar-refractivity contribution in [3.05, 3.63) is 148 Å². The minimum atomic E-state index is 0. The molecule has 4 aromatic carbocycles. The summed E-state index contributed by atoms with van der Waals surface area (Å²) in [5, 5.41) is 17.3. The Morgan fingerprint density at radius 3 is 1.18 bits per heavy atom. The summed E-state index contributed by atoms with van der Waals surface area (Å²) in [7, 11) is 0. The van der Waals surface area contributed by atoms with Crippen LogP contribution < -0.4 is 0 Å². The van der Waals surface area contributed by atoms with Crippen molar-refractivity contribution in [2.45, 2.75) is 118 Å². The number of aryl methyl sites for hydroxylation is 2. The molecule has 4 aromatic rings. The van der Waals surface area contributed by atoms with Crippen molar-refractivity contribution >= 4 is 11.4 Å². The molecule has 5 rings (SSSR count). The van der Waals surface area contributed by atoms with Gasteiger partial charge >= 0.3 is 0 Å². The first-order valence-electron chi connectivity index (χ1n) is 19.1. The molecule has 0 aliphatic carbocycles. The molecule has 0 saturated heterocycles. The number of allylic oxidation sites excluding steroid dienone is 2. The van der Waals surface area contributed by atoms with Crippen LogP contribution in [0.4, 0.5) is 0 Å². The normalized spacial score (nSPS) is 12.1. The van der Waals surface area contributed by atoms with E-state index >= 15 is 0 Å². The number of unbranched alkanes of at least 4 members (excludes halogenated alkanes) is 7. The van der Waals surface area contributed by atoms with Gasteiger partial charge < -0.3 is 15.7 Å². The summed E-state index contributed by atoms with van der Waals surface area (Å²) >= 11 is 0. The molecular weight excluding hydrogens is 719 g/mol. The van der Waals surface area contributed by atoms with Gasteiger partial charge in [0.1, 0.15) is 11.5 Å². The van der Waals surface area contributed by atoms with Gasteiger partial charge in [-0.2, -0.15) is 0 Å². The largest absolute Gasteiger partial charge is 0.508 e. The van der Waals surface area contributed by atoms with Gasteiger partial charge in [-0.05, 0) is 105 Å². The van der Waals surface area contributed by atoms with E-state index in [4.69, 9.17) is 10.2 Å². The quantitative estimate of drug-likeness (QED) is 0.0676. The van der Waals surface area contributed by atoms with Gasteiger partial charge in [0.05, 0.1) is 0 Å². The molecule has 5 heteroatoms. The second kappa shape index (κ2) is 25.2. The maximum atomic E-state index is 11.6. The van der Waals surface area contributed by atoms with Crippen molar-refractivity contribution in [1.82, 2.24) is 0 Å². The fourth-order valence-electron chi connectivity index (χ4n) is 6.28. The molecule has 276 valence electrons. The molecule has 0 saturated carbocycles. The Bertz CT molecular complexity index is 1560. The van der Waals surface area contributed by atoms with Crippen LogP contribution in [0, 0.1) is 0 Å². The van der Waals surface area contributed by atoms with E-state index in [1.165, 1.54) is 78.3 Å². The molecule has 0 amide bonds. The maximum Gasteiger partial charge on any atom is 0.211 e. The van der Waals surface area contributed by atoms with Gasteiger partial charge in [-0.25, -0.2) is 4.70 Å². The summed E-state index contributed by atoms with van der Waals surface area (Å²) in [4.78, 5) is 0. The molecule has 0 fully saturated rings. The number of rotatable bonds is 16.